The van der Waals surface area contributed by atoms with Crippen LogP contribution in [-0.2, 0) is 0 Å². The number of rotatable bonds is 6. The van der Waals surface area contributed by atoms with E-state index in [9.17, 15) is 4.79 Å². The number of nitrogen functional groups attached to an aromatic ring is 1. The number of nitrogens with zero attached hydrogens (tertiary/aromatic N) is 6. The Morgan fingerprint density at radius 2 is 1.80 bits per heavy atom. The van der Waals surface area contributed by atoms with E-state index in [0.29, 0.717) is 45.9 Å². The average molecular weight is 469 g/mol. The highest BCUT2D eigenvalue weighted by atomic mass is 16.1. The third-order valence-corrected chi connectivity index (χ3v) is 6.17. The summed E-state index contributed by atoms with van der Waals surface area (Å²) in [7, 11) is 0. The molecule has 177 valence electrons. The number of carbonyl (C=O) groups is 1. The molecule has 3 radical (unpaired) electrons. The van der Waals surface area contributed by atoms with Crippen LogP contribution in [0.2, 0.25) is 0 Å². The van der Waals surface area contributed by atoms with Crippen LogP contribution in [0.1, 0.15) is 48.5 Å². The highest BCUT2D eigenvalue weighted by Crippen LogP contribution is 2.32. The van der Waals surface area contributed by atoms with E-state index in [1.807, 2.05) is 41.2 Å². The second-order valence-electron chi connectivity index (χ2n) is 8.48. The first-order valence-corrected chi connectivity index (χ1v) is 11.4. The van der Waals surface area contributed by atoms with Gasteiger partial charge < -0.3 is 16.8 Å². The smallest absolute Gasteiger partial charge is 0.249 e. The summed E-state index contributed by atoms with van der Waals surface area (Å²) in [5.74, 6) is -0.118. The number of primary amides is 1. The Morgan fingerprint density at radius 3 is 2.57 bits per heavy atom. The Hall–Kier alpha value is -4.31. The van der Waals surface area contributed by atoms with Crippen molar-refractivity contribution in [2.75, 3.05) is 11.1 Å². The van der Waals surface area contributed by atoms with Crippen molar-refractivity contribution < 1.29 is 4.79 Å². The minimum absolute atomic E-state index is 0. The topological polar surface area (TPSA) is 168 Å². The van der Waals surface area contributed by atoms with Gasteiger partial charge in [0.15, 0.2) is 0 Å². The van der Waals surface area contributed by atoms with Gasteiger partial charge in [0.2, 0.25) is 11.9 Å². The second kappa shape index (κ2) is 10.3. The number of aromatic nitrogens is 5. The quantitative estimate of drug-likeness (QED) is 0.361. The van der Waals surface area contributed by atoms with Gasteiger partial charge in [0.25, 0.3) is 0 Å². The van der Waals surface area contributed by atoms with Crippen LogP contribution in [0.5, 0.6) is 0 Å². The summed E-state index contributed by atoms with van der Waals surface area (Å²) in [6.07, 6.45) is 9.65. The number of hydrogen-bond donors (Lipinski definition) is 3. The van der Waals surface area contributed by atoms with Gasteiger partial charge in [-0.25, -0.2) is 14.6 Å². The Bertz CT molecular complexity index is 1330. The van der Waals surface area contributed by atoms with Crippen LogP contribution >= 0.6 is 0 Å². The van der Waals surface area contributed by atoms with Crippen LogP contribution < -0.4 is 22.9 Å². The van der Waals surface area contributed by atoms with Gasteiger partial charge in [-0.2, -0.15) is 0 Å². The van der Waals surface area contributed by atoms with Crippen LogP contribution in [0.3, 0.4) is 0 Å². The van der Waals surface area contributed by atoms with E-state index in [0.717, 1.165) is 18.4 Å². The number of carbonyl (C=O) groups excluding carboxylic acids is 1. The predicted molar refractivity (Wildman–Crippen MR) is 133 cm³/mol. The molecule has 1 aliphatic carbocycles. The number of nitrogens with two attached hydrogens (primary N) is 2. The average Bonchev–Trinajstić information content (AvgIpc) is 3.35. The molecule has 0 atom stereocenters. The molecule has 10 nitrogen and oxygen atoms in total. The van der Waals surface area contributed by atoms with Crippen LogP contribution in [-0.4, -0.2) is 30.9 Å². The van der Waals surface area contributed by atoms with Crippen molar-refractivity contribution in [1.82, 2.24) is 31.1 Å². The zero-order valence-corrected chi connectivity index (χ0v) is 19.1. The summed E-state index contributed by atoms with van der Waals surface area (Å²) >= 11 is 0. The fourth-order valence-corrected chi connectivity index (χ4v) is 4.41. The summed E-state index contributed by atoms with van der Waals surface area (Å²) < 4.78 is 1.96. The van der Waals surface area contributed by atoms with E-state index < -0.39 is 5.91 Å². The number of benzene rings is 2. The van der Waals surface area contributed by atoms with Gasteiger partial charge in [-0.3, -0.25) is 4.79 Å². The Balaban J connectivity index is 0.00000289. The van der Waals surface area contributed by atoms with E-state index >= 15 is 0 Å². The largest absolute Gasteiger partial charge is 0.398 e. The lowest BCUT2D eigenvalue weighted by molar-refractivity contribution is 0.100. The van der Waals surface area contributed by atoms with Crippen LogP contribution in [0.15, 0.2) is 60.9 Å². The Labute approximate surface area is 203 Å². The van der Waals surface area contributed by atoms with E-state index in [4.69, 9.17) is 11.5 Å². The predicted octanol–water partition coefficient (Wildman–Crippen LogP) is 3.85. The molecule has 1 saturated carbocycles. The van der Waals surface area contributed by atoms with Crippen LogP contribution in [0, 0.1) is 0 Å². The summed E-state index contributed by atoms with van der Waals surface area (Å²) in [5, 5.41) is 11.9. The van der Waals surface area contributed by atoms with Gasteiger partial charge in [0.05, 0.1) is 17.9 Å². The Morgan fingerprint density at radius 1 is 1.00 bits per heavy atom. The molecule has 0 bridgehead atoms. The summed E-state index contributed by atoms with van der Waals surface area (Å²) in [4.78, 5) is 21.0. The SMILES string of the molecule is NC(=O)c1ccc(Nc2nccc(-c3cn(C4CCCCC4)nn3)n2)cc1-c1ccccc1N.[N]. The summed E-state index contributed by atoms with van der Waals surface area (Å²) in [5.41, 5.74) is 16.2. The van der Waals surface area contributed by atoms with E-state index in [1.165, 1.54) is 19.3 Å². The normalized spacial score (nSPS) is 13.7. The lowest BCUT2D eigenvalue weighted by Crippen LogP contribution is -2.13. The Kier molecular flexibility index (Phi) is 7.02. The molecular weight excluding hydrogens is 442 g/mol. The van der Waals surface area contributed by atoms with E-state index in [1.54, 1.807) is 24.4 Å². The van der Waals surface area contributed by atoms with Crippen molar-refractivity contribution >= 4 is 23.2 Å². The zero-order chi connectivity index (χ0) is 23.5. The summed E-state index contributed by atoms with van der Waals surface area (Å²) in [6, 6.07) is 14.8. The minimum Gasteiger partial charge on any atom is -0.398 e. The molecular formula is C25H26N9O. The van der Waals surface area contributed by atoms with Gasteiger partial charge in [0, 0.05) is 34.8 Å². The maximum Gasteiger partial charge on any atom is 0.249 e. The van der Waals surface area contributed by atoms with Gasteiger partial charge >= 0.3 is 0 Å². The standard InChI is InChI=1S/C25H26N8O.N/c26-21-9-5-4-8-18(21)20-14-16(10-11-19(20)24(27)34)29-25-28-13-12-22(30-25)23-15-33(32-31-23)17-6-2-1-3-7-17;/h4-5,8-15,17H,1-3,6-7,26H2,(H2,27,34)(H,28,29,30);. The molecule has 0 spiro atoms. The van der Waals surface area contributed by atoms with Crippen molar-refractivity contribution in [2.24, 2.45) is 5.73 Å². The first kappa shape index (κ1) is 23.8. The third-order valence-electron chi connectivity index (χ3n) is 6.17. The number of para-hydroxylation sites is 1. The molecule has 35 heavy (non-hydrogen) atoms. The lowest BCUT2D eigenvalue weighted by Gasteiger charge is -2.20. The molecule has 1 aliphatic rings. The second-order valence-corrected chi connectivity index (χ2v) is 8.48. The maximum absolute atomic E-state index is 12.0. The molecule has 0 unspecified atom stereocenters. The monoisotopic (exact) mass is 468 g/mol. The third kappa shape index (κ3) is 5.12. The van der Waals surface area contributed by atoms with Crippen molar-refractivity contribution in [3.63, 3.8) is 0 Å². The molecule has 5 N–H and O–H groups in total. The fourth-order valence-electron chi connectivity index (χ4n) is 4.41. The highest BCUT2D eigenvalue weighted by molar-refractivity contribution is 6.02. The fraction of sp³-hybridized carbons (Fsp3) is 0.240. The van der Waals surface area contributed by atoms with Crippen LogP contribution in [0.25, 0.3) is 22.5 Å². The van der Waals surface area contributed by atoms with Crippen molar-refractivity contribution in [1.29, 1.82) is 0 Å². The van der Waals surface area contributed by atoms with Crippen molar-refractivity contribution in [3.05, 3.63) is 66.5 Å². The van der Waals surface area contributed by atoms with Crippen LogP contribution in [0.4, 0.5) is 17.3 Å². The molecule has 1 fully saturated rings. The number of nitrogens with one attached hydrogen (secondary N) is 1. The molecule has 5 rings (SSSR count). The van der Waals surface area contributed by atoms with Crippen molar-refractivity contribution in [3.8, 4) is 22.5 Å². The first-order chi connectivity index (χ1) is 16.6. The number of amides is 1. The molecule has 4 aromatic rings. The minimum atomic E-state index is -0.524. The lowest BCUT2D eigenvalue weighted by atomic mass is 9.96. The maximum atomic E-state index is 12.0. The van der Waals surface area contributed by atoms with E-state index in [2.05, 4.69) is 25.6 Å². The van der Waals surface area contributed by atoms with Gasteiger partial charge in [-0.05, 0) is 48.7 Å². The first-order valence-electron chi connectivity index (χ1n) is 11.4. The molecule has 2 aromatic carbocycles. The molecule has 10 heteroatoms. The highest BCUT2D eigenvalue weighted by Gasteiger charge is 2.18. The van der Waals surface area contributed by atoms with Gasteiger partial charge in [-0.1, -0.05) is 42.7 Å². The molecule has 0 aliphatic heterocycles. The summed E-state index contributed by atoms with van der Waals surface area (Å²) in [6.45, 7) is 0. The molecule has 1 amide bonds. The van der Waals surface area contributed by atoms with E-state index in [-0.39, 0.29) is 6.15 Å². The molecule has 2 heterocycles. The zero-order valence-electron chi connectivity index (χ0n) is 19.1. The number of anilines is 3. The van der Waals surface area contributed by atoms with Gasteiger partial charge in [-0.15, -0.1) is 5.10 Å². The van der Waals surface area contributed by atoms with Gasteiger partial charge in [0.1, 0.15) is 5.69 Å². The number of hydrogen-bond acceptors (Lipinski definition) is 7. The molecule has 0 saturated heterocycles. The van der Waals surface area contributed by atoms with Crippen molar-refractivity contribution in [2.45, 2.75) is 38.1 Å². The molecule has 2 aromatic heterocycles.